The highest BCUT2D eigenvalue weighted by atomic mass is 16.6. The number of nitrogens with one attached hydrogen (secondary N) is 1. The normalized spacial score (nSPS) is 12.2. The molecule has 0 radical (unpaired) electrons. The van der Waals surface area contributed by atoms with Crippen molar-refractivity contribution in [3.63, 3.8) is 0 Å². The monoisotopic (exact) mass is 449 g/mol. The van der Waals surface area contributed by atoms with Crippen LogP contribution in [0.3, 0.4) is 0 Å². The number of nitrogens with zero attached hydrogens (tertiary/aromatic N) is 8. The Morgan fingerprint density at radius 1 is 1.18 bits per heavy atom. The largest absolute Gasteiger partial charge is 0.308 e. The number of aryl methyl sites for hydroxylation is 1. The maximum Gasteiger partial charge on any atom is 0.298 e. The molecule has 0 spiro atoms. The topological polar surface area (TPSA) is 133 Å². The van der Waals surface area contributed by atoms with E-state index >= 15 is 0 Å². The van der Waals surface area contributed by atoms with Crippen molar-refractivity contribution in [2.75, 3.05) is 0 Å². The van der Waals surface area contributed by atoms with Crippen LogP contribution >= 0.6 is 0 Å². The molecule has 0 aliphatic carbocycles. The Morgan fingerprint density at radius 2 is 1.97 bits per heavy atom. The zero-order chi connectivity index (χ0) is 23.4. The number of nitro groups is 1. The third-order valence-electron chi connectivity index (χ3n) is 5.74. The molecule has 4 aromatic rings. The minimum Gasteiger partial charge on any atom is -0.308 e. The molecule has 0 saturated carbocycles. The highest BCUT2D eigenvalue weighted by Crippen LogP contribution is 2.31. The summed E-state index contributed by atoms with van der Waals surface area (Å²) in [4.78, 5) is 15.8. The molecule has 0 aliphatic heterocycles. The molecular formula is C22H27N9O2. The van der Waals surface area contributed by atoms with Gasteiger partial charge in [0.2, 0.25) is 5.82 Å². The third kappa shape index (κ3) is 4.66. The molecule has 172 valence electrons. The minimum absolute atomic E-state index is 0.0822. The van der Waals surface area contributed by atoms with E-state index in [-0.39, 0.29) is 17.2 Å². The summed E-state index contributed by atoms with van der Waals surface area (Å²) in [6, 6.07) is 9.26. The Balaban J connectivity index is 1.62. The Labute approximate surface area is 191 Å². The maximum absolute atomic E-state index is 11.5. The predicted molar refractivity (Wildman–Crippen MR) is 122 cm³/mol. The number of unbranched alkanes of at least 4 members (excludes halogenated alkanes) is 1. The molecule has 1 aromatic carbocycles. The zero-order valence-corrected chi connectivity index (χ0v) is 19.0. The zero-order valence-electron chi connectivity index (χ0n) is 19.0. The van der Waals surface area contributed by atoms with Crippen molar-refractivity contribution in [2.45, 2.75) is 58.9 Å². The summed E-state index contributed by atoms with van der Waals surface area (Å²) in [7, 11) is 0. The summed E-state index contributed by atoms with van der Waals surface area (Å²) in [5.41, 5.74) is 2.02. The average molecular weight is 450 g/mol. The minimum atomic E-state index is -0.450. The number of hydrogen-bond donors (Lipinski definition) is 1. The number of hydrogen-bond acceptors (Lipinski definition) is 7. The molecule has 1 N–H and O–H groups in total. The average Bonchev–Trinajstić information content (AvgIpc) is 3.57. The van der Waals surface area contributed by atoms with Gasteiger partial charge in [0.15, 0.2) is 11.5 Å². The first-order chi connectivity index (χ1) is 16.0. The first-order valence-electron chi connectivity index (χ1n) is 11.1. The lowest BCUT2D eigenvalue weighted by molar-refractivity contribution is -0.384. The molecular weight excluding hydrogens is 422 g/mol. The second-order valence-electron chi connectivity index (χ2n) is 8.04. The molecule has 0 aliphatic rings. The molecule has 0 amide bonds. The van der Waals surface area contributed by atoms with Crippen LogP contribution in [0.25, 0.3) is 17.2 Å². The highest BCUT2D eigenvalue weighted by Gasteiger charge is 2.24. The van der Waals surface area contributed by atoms with Gasteiger partial charge in [0.05, 0.1) is 11.5 Å². The van der Waals surface area contributed by atoms with E-state index in [1.165, 1.54) is 6.07 Å². The standard InChI is InChI=1S/C22H27N9O2/c1-4-6-7-19-23-21(15(3)5-2)26-30(19)14-16-8-10-17(11-9-16)29-13-12-18(31(32)33)20(29)22-24-27-28-25-22/h8-13,15H,4-7,14H2,1-3H3,(H,24,25,27,28). The quantitative estimate of drug-likeness (QED) is 0.285. The number of benzene rings is 1. The molecule has 1 atom stereocenters. The smallest absolute Gasteiger partial charge is 0.298 e. The lowest BCUT2D eigenvalue weighted by Crippen LogP contribution is -2.08. The van der Waals surface area contributed by atoms with E-state index in [0.29, 0.717) is 12.5 Å². The van der Waals surface area contributed by atoms with Gasteiger partial charge in [-0.1, -0.05) is 39.3 Å². The number of tetrazole rings is 1. The summed E-state index contributed by atoms with van der Waals surface area (Å²) in [6.45, 7) is 7.08. The van der Waals surface area contributed by atoms with Crippen molar-refractivity contribution in [3.8, 4) is 17.2 Å². The van der Waals surface area contributed by atoms with Gasteiger partial charge in [-0.15, -0.1) is 10.2 Å². The van der Waals surface area contributed by atoms with Gasteiger partial charge in [-0.3, -0.25) is 10.1 Å². The van der Waals surface area contributed by atoms with Gasteiger partial charge >= 0.3 is 0 Å². The molecule has 11 nitrogen and oxygen atoms in total. The molecule has 4 rings (SSSR count). The maximum atomic E-state index is 11.5. The number of rotatable bonds is 10. The van der Waals surface area contributed by atoms with Crippen molar-refractivity contribution in [2.24, 2.45) is 0 Å². The first-order valence-corrected chi connectivity index (χ1v) is 11.1. The fourth-order valence-corrected chi connectivity index (χ4v) is 3.64. The molecule has 0 fully saturated rings. The van der Waals surface area contributed by atoms with Crippen LogP contribution in [0, 0.1) is 10.1 Å². The summed E-state index contributed by atoms with van der Waals surface area (Å²) in [5, 5.41) is 30.0. The molecule has 3 aromatic heterocycles. The van der Waals surface area contributed by atoms with E-state index in [4.69, 9.17) is 10.1 Å². The Bertz CT molecular complexity index is 1210. The van der Waals surface area contributed by atoms with Crippen molar-refractivity contribution >= 4 is 5.69 Å². The third-order valence-corrected chi connectivity index (χ3v) is 5.74. The lowest BCUT2D eigenvalue weighted by atomic mass is 10.1. The van der Waals surface area contributed by atoms with Gasteiger partial charge < -0.3 is 4.57 Å². The van der Waals surface area contributed by atoms with Gasteiger partial charge in [0, 0.05) is 30.3 Å². The van der Waals surface area contributed by atoms with Gasteiger partial charge in [0.1, 0.15) is 5.82 Å². The van der Waals surface area contributed by atoms with Crippen molar-refractivity contribution in [1.29, 1.82) is 0 Å². The van der Waals surface area contributed by atoms with E-state index in [2.05, 4.69) is 41.4 Å². The van der Waals surface area contributed by atoms with Gasteiger partial charge in [-0.05, 0) is 35.8 Å². The summed E-state index contributed by atoms with van der Waals surface area (Å²) >= 11 is 0. The molecule has 0 bridgehead atoms. The van der Waals surface area contributed by atoms with Crippen molar-refractivity contribution in [1.82, 2.24) is 40.0 Å². The number of aromatic nitrogens is 8. The van der Waals surface area contributed by atoms with Crippen molar-refractivity contribution < 1.29 is 4.92 Å². The van der Waals surface area contributed by atoms with Crippen LogP contribution in [0.2, 0.25) is 0 Å². The van der Waals surface area contributed by atoms with Crippen LogP contribution in [0.4, 0.5) is 5.69 Å². The molecule has 1 unspecified atom stereocenters. The summed E-state index contributed by atoms with van der Waals surface area (Å²) < 4.78 is 3.69. The lowest BCUT2D eigenvalue weighted by Gasteiger charge is -2.09. The van der Waals surface area contributed by atoms with Crippen LogP contribution in [0.5, 0.6) is 0 Å². The number of H-pyrrole nitrogens is 1. The van der Waals surface area contributed by atoms with E-state index < -0.39 is 4.92 Å². The summed E-state index contributed by atoms with van der Waals surface area (Å²) in [6.07, 6.45) is 5.71. The Hall–Kier alpha value is -3.89. The Kier molecular flexibility index (Phi) is 6.57. The molecule has 33 heavy (non-hydrogen) atoms. The van der Waals surface area contributed by atoms with Crippen LogP contribution in [-0.4, -0.2) is 44.9 Å². The highest BCUT2D eigenvalue weighted by molar-refractivity contribution is 5.67. The van der Waals surface area contributed by atoms with E-state index in [0.717, 1.165) is 48.6 Å². The second-order valence-corrected chi connectivity index (χ2v) is 8.04. The Morgan fingerprint density at radius 3 is 2.61 bits per heavy atom. The molecule has 0 saturated heterocycles. The first kappa shape index (κ1) is 22.3. The molecule has 3 heterocycles. The SMILES string of the molecule is CCCCc1nc(C(C)CC)nn1Cc1ccc(-n2ccc([N+](=O)[O-])c2-c2nn[nH]n2)cc1. The number of aromatic amines is 1. The van der Waals surface area contributed by atoms with Gasteiger partial charge in [0.25, 0.3) is 5.69 Å². The van der Waals surface area contributed by atoms with E-state index in [1.807, 2.05) is 28.9 Å². The van der Waals surface area contributed by atoms with Crippen molar-refractivity contribution in [3.05, 3.63) is 63.9 Å². The van der Waals surface area contributed by atoms with Crippen LogP contribution in [0.15, 0.2) is 36.5 Å². The van der Waals surface area contributed by atoms with Crippen LogP contribution in [0.1, 0.15) is 63.2 Å². The van der Waals surface area contributed by atoms with Crippen LogP contribution in [-0.2, 0) is 13.0 Å². The van der Waals surface area contributed by atoms with Gasteiger partial charge in [-0.25, -0.2) is 9.67 Å². The second kappa shape index (κ2) is 9.72. The molecule has 11 heteroatoms. The fraction of sp³-hybridized carbons (Fsp3) is 0.409. The summed E-state index contributed by atoms with van der Waals surface area (Å²) in [5.74, 6) is 2.39. The van der Waals surface area contributed by atoms with Gasteiger partial charge in [-0.2, -0.15) is 10.3 Å². The van der Waals surface area contributed by atoms with E-state index in [1.54, 1.807) is 10.8 Å². The fourth-order valence-electron chi connectivity index (χ4n) is 3.64. The predicted octanol–water partition coefficient (Wildman–Crippen LogP) is 4.06. The van der Waals surface area contributed by atoms with E-state index in [9.17, 15) is 10.1 Å². The van der Waals surface area contributed by atoms with Crippen LogP contribution < -0.4 is 0 Å².